The Kier molecular flexibility index (Phi) is 5.14. The first-order valence-electron chi connectivity index (χ1n) is 4.18. The lowest BCUT2D eigenvalue weighted by molar-refractivity contribution is -0.137. The fourth-order valence-electron chi connectivity index (χ4n) is 1.04. The SMILES string of the molecule is C=CC(O)/C(C(=O)O)=C(/C(=O)O)C(O)C=C. The van der Waals surface area contributed by atoms with Crippen LogP contribution in [0.2, 0.25) is 0 Å². The fraction of sp³-hybridized carbons (Fsp3) is 0.200. The van der Waals surface area contributed by atoms with Gasteiger partial charge in [-0.2, -0.15) is 0 Å². The summed E-state index contributed by atoms with van der Waals surface area (Å²) < 4.78 is 0. The molecule has 0 saturated carbocycles. The second kappa shape index (κ2) is 5.84. The van der Waals surface area contributed by atoms with Crippen LogP contribution in [-0.2, 0) is 9.59 Å². The number of rotatable bonds is 6. The van der Waals surface area contributed by atoms with Gasteiger partial charge in [0.2, 0.25) is 0 Å². The first-order chi connectivity index (χ1) is 7.36. The Morgan fingerprint density at radius 3 is 1.25 bits per heavy atom. The summed E-state index contributed by atoms with van der Waals surface area (Å²) in [6, 6.07) is 0. The molecule has 4 N–H and O–H groups in total. The van der Waals surface area contributed by atoms with E-state index in [0.29, 0.717) is 0 Å². The van der Waals surface area contributed by atoms with E-state index in [1.165, 1.54) is 0 Å². The van der Waals surface area contributed by atoms with Crippen LogP contribution in [-0.4, -0.2) is 44.6 Å². The van der Waals surface area contributed by atoms with Gasteiger partial charge in [0.25, 0.3) is 0 Å². The lowest BCUT2D eigenvalue weighted by atomic mass is 9.98. The number of aliphatic hydroxyl groups is 2. The third kappa shape index (κ3) is 3.04. The summed E-state index contributed by atoms with van der Waals surface area (Å²) in [5, 5.41) is 36.1. The van der Waals surface area contributed by atoms with Gasteiger partial charge in [0.1, 0.15) is 12.2 Å². The second-order valence-electron chi connectivity index (χ2n) is 2.80. The van der Waals surface area contributed by atoms with Crippen LogP contribution in [0, 0.1) is 0 Å². The molecule has 0 saturated heterocycles. The number of carbonyl (C=O) groups is 2. The van der Waals surface area contributed by atoms with Crippen molar-refractivity contribution in [1.29, 1.82) is 0 Å². The number of aliphatic hydroxyl groups excluding tert-OH is 2. The molecule has 6 nitrogen and oxygen atoms in total. The highest BCUT2D eigenvalue weighted by atomic mass is 16.4. The van der Waals surface area contributed by atoms with Crippen LogP contribution in [0.15, 0.2) is 36.5 Å². The normalized spacial score (nSPS) is 15.6. The topological polar surface area (TPSA) is 115 Å². The first-order valence-corrected chi connectivity index (χ1v) is 4.18. The second-order valence-corrected chi connectivity index (χ2v) is 2.80. The van der Waals surface area contributed by atoms with E-state index in [4.69, 9.17) is 10.2 Å². The number of hydrogen-bond donors (Lipinski definition) is 4. The predicted octanol–water partition coefficient (Wildman–Crippen LogP) is -0.454. The number of aliphatic carboxylic acids is 2. The van der Waals surface area contributed by atoms with E-state index in [1.54, 1.807) is 0 Å². The zero-order valence-corrected chi connectivity index (χ0v) is 8.33. The maximum atomic E-state index is 10.8. The van der Waals surface area contributed by atoms with Gasteiger partial charge in [-0.3, -0.25) is 0 Å². The van der Waals surface area contributed by atoms with E-state index in [9.17, 15) is 19.8 Å². The summed E-state index contributed by atoms with van der Waals surface area (Å²) in [6.07, 6.45) is -1.67. The van der Waals surface area contributed by atoms with Gasteiger partial charge in [0.15, 0.2) is 0 Å². The number of carboxylic acids is 2. The highest BCUT2D eigenvalue weighted by molar-refractivity contribution is 6.00. The van der Waals surface area contributed by atoms with Gasteiger partial charge in [-0.25, -0.2) is 9.59 Å². The van der Waals surface area contributed by atoms with Gasteiger partial charge in [0, 0.05) is 0 Å². The molecule has 0 heterocycles. The Hall–Kier alpha value is -1.92. The smallest absolute Gasteiger partial charge is 0.335 e. The highest BCUT2D eigenvalue weighted by Gasteiger charge is 2.28. The molecule has 0 amide bonds. The molecule has 0 aliphatic heterocycles. The van der Waals surface area contributed by atoms with E-state index in [1.807, 2.05) is 0 Å². The number of carboxylic acid groups (broad SMARTS) is 2. The molecule has 0 radical (unpaired) electrons. The van der Waals surface area contributed by atoms with E-state index >= 15 is 0 Å². The van der Waals surface area contributed by atoms with Crippen LogP contribution in [0.5, 0.6) is 0 Å². The van der Waals surface area contributed by atoms with Crippen LogP contribution < -0.4 is 0 Å². The summed E-state index contributed by atoms with van der Waals surface area (Å²) in [6.45, 7) is 6.29. The summed E-state index contributed by atoms with van der Waals surface area (Å²) in [4.78, 5) is 21.6. The van der Waals surface area contributed by atoms with Crippen molar-refractivity contribution in [2.75, 3.05) is 0 Å². The summed E-state index contributed by atoms with van der Waals surface area (Å²) in [5.74, 6) is -3.29. The zero-order valence-electron chi connectivity index (χ0n) is 8.33. The number of hydrogen-bond acceptors (Lipinski definition) is 4. The average molecular weight is 228 g/mol. The van der Waals surface area contributed by atoms with Crippen molar-refractivity contribution >= 4 is 11.9 Å². The van der Waals surface area contributed by atoms with Crippen molar-refractivity contribution in [3.8, 4) is 0 Å². The van der Waals surface area contributed by atoms with Gasteiger partial charge in [-0.05, 0) is 0 Å². The maximum absolute atomic E-state index is 10.8. The lowest BCUT2D eigenvalue weighted by Gasteiger charge is -2.14. The Morgan fingerprint density at radius 1 is 0.875 bits per heavy atom. The molecule has 88 valence electrons. The largest absolute Gasteiger partial charge is 0.478 e. The Bertz CT molecular complexity index is 320. The molecule has 6 heteroatoms. The molecule has 0 fully saturated rings. The molecular formula is C10H12O6. The molecule has 0 rings (SSSR count). The van der Waals surface area contributed by atoms with E-state index in [2.05, 4.69) is 13.2 Å². The quantitative estimate of drug-likeness (QED) is 0.361. The molecule has 0 aromatic heterocycles. The van der Waals surface area contributed by atoms with Crippen molar-refractivity contribution in [3.63, 3.8) is 0 Å². The summed E-state index contributed by atoms with van der Waals surface area (Å²) in [7, 11) is 0. The van der Waals surface area contributed by atoms with Crippen LogP contribution in [0.4, 0.5) is 0 Å². The van der Waals surface area contributed by atoms with Crippen molar-refractivity contribution < 1.29 is 30.0 Å². The zero-order chi connectivity index (χ0) is 12.9. The maximum Gasteiger partial charge on any atom is 0.335 e. The van der Waals surface area contributed by atoms with Crippen LogP contribution in [0.1, 0.15) is 0 Å². The predicted molar refractivity (Wildman–Crippen MR) is 54.7 cm³/mol. The average Bonchev–Trinajstić information content (AvgIpc) is 2.22. The van der Waals surface area contributed by atoms with Crippen LogP contribution in [0.3, 0.4) is 0 Å². The van der Waals surface area contributed by atoms with E-state index in [0.717, 1.165) is 12.2 Å². The molecule has 0 aromatic rings. The molecule has 0 aromatic carbocycles. The molecule has 0 bridgehead atoms. The minimum atomic E-state index is -1.68. The third-order valence-electron chi connectivity index (χ3n) is 1.79. The van der Waals surface area contributed by atoms with E-state index < -0.39 is 35.3 Å². The molecule has 0 spiro atoms. The standard InChI is InChI=1S/C10H12O6/c1-3-5(11)7(9(13)14)8(10(15)16)6(12)4-2/h3-6,11-12H,1-2H2,(H,13,14)(H,15,16)/b8-7-. The van der Waals surface area contributed by atoms with Crippen LogP contribution >= 0.6 is 0 Å². The first kappa shape index (κ1) is 14.1. The van der Waals surface area contributed by atoms with Gasteiger partial charge in [-0.1, -0.05) is 12.2 Å². The minimum absolute atomic E-state index is 0.838. The fourth-order valence-corrected chi connectivity index (χ4v) is 1.04. The minimum Gasteiger partial charge on any atom is -0.478 e. The molecule has 2 unspecified atom stereocenters. The highest BCUT2D eigenvalue weighted by Crippen LogP contribution is 2.16. The van der Waals surface area contributed by atoms with Crippen LogP contribution in [0.25, 0.3) is 0 Å². The van der Waals surface area contributed by atoms with Crippen molar-refractivity contribution in [2.24, 2.45) is 0 Å². The van der Waals surface area contributed by atoms with Gasteiger partial charge in [-0.15, -0.1) is 13.2 Å². The molecule has 16 heavy (non-hydrogen) atoms. The molecule has 0 aliphatic carbocycles. The monoisotopic (exact) mass is 228 g/mol. The molecular weight excluding hydrogens is 216 g/mol. The Morgan fingerprint density at radius 2 is 1.12 bits per heavy atom. The third-order valence-corrected chi connectivity index (χ3v) is 1.79. The molecule has 0 aliphatic rings. The molecule has 2 atom stereocenters. The van der Waals surface area contributed by atoms with Gasteiger partial charge < -0.3 is 20.4 Å². The van der Waals surface area contributed by atoms with E-state index in [-0.39, 0.29) is 0 Å². The van der Waals surface area contributed by atoms with Crippen molar-refractivity contribution in [2.45, 2.75) is 12.2 Å². The van der Waals surface area contributed by atoms with Gasteiger partial charge in [0.05, 0.1) is 11.1 Å². The summed E-state index contributed by atoms with van der Waals surface area (Å²) in [5.41, 5.74) is -1.68. The summed E-state index contributed by atoms with van der Waals surface area (Å²) >= 11 is 0. The lowest BCUT2D eigenvalue weighted by Crippen LogP contribution is -2.26. The Labute approximate surface area is 91.5 Å². The van der Waals surface area contributed by atoms with Crippen molar-refractivity contribution in [1.82, 2.24) is 0 Å². The van der Waals surface area contributed by atoms with Crippen molar-refractivity contribution in [3.05, 3.63) is 36.5 Å². The Balaban J connectivity index is 5.81. The van der Waals surface area contributed by atoms with Gasteiger partial charge >= 0.3 is 11.9 Å².